The Balaban J connectivity index is 0.000000267. The third kappa shape index (κ3) is 17.8. The van der Waals surface area contributed by atoms with Gasteiger partial charge in [-0.1, -0.05) is 84.9 Å². The zero-order chi connectivity index (χ0) is 51.4. The van der Waals surface area contributed by atoms with Crippen molar-refractivity contribution in [2.24, 2.45) is 0 Å². The first kappa shape index (κ1) is 59.3. The normalized spacial score (nSPS) is 12.6. The van der Waals surface area contributed by atoms with E-state index in [0.29, 0.717) is 6.42 Å². The molecular formula is C58H53FNa2O11P2. The van der Waals surface area contributed by atoms with Crippen LogP contribution in [0.25, 0.3) is 11.6 Å². The average Bonchev–Trinajstić information content (AvgIpc) is 3.33. The number of methoxy groups -OCH3 is 2. The fourth-order valence-corrected chi connectivity index (χ4v) is 9.50. The van der Waals surface area contributed by atoms with Gasteiger partial charge in [0.25, 0.3) is 0 Å². The molecule has 11 nitrogen and oxygen atoms in total. The molecule has 0 aromatic heterocycles. The van der Waals surface area contributed by atoms with Gasteiger partial charge in [-0.3, -0.25) is 0 Å². The molecule has 8 rings (SSSR count). The van der Waals surface area contributed by atoms with Gasteiger partial charge in [0.05, 0.1) is 14.2 Å². The number of rotatable bonds is 17. The van der Waals surface area contributed by atoms with Gasteiger partial charge < -0.3 is 42.5 Å². The van der Waals surface area contributed by atoms with E-state index >= 15 is 0 Å². The Kier molecular flexibility index (Phi) is 21.8. The number of phosphoric acid groups is 2. The minimum absolute atomic E-state index is 0. The van der Waals surface area contributed by atoms with Crippen LogP contribution in [0.4, 0.5) is 4.39 Å². The molecule has 0 saturated heterocycles. The van der Waals surface area contributed by atoms with Crippen molar-refractivity contribution in [1.82, 2.24) is 0 Å². The quantitative estimate of drug-likeness (QED) is 0.0555. The summed E-state index contributed by atoms with van der Waals surface area (Å²) < 4.78 is 69.6. The molecule has 0 amide bonds. The van der Waals surface area contributed by atoms with Gasteiger partial charge in [-0.25, -0.2) is 13.5 Å². The zero-order valence-corrected chi connectivity index (χ0v) is 48.3. The molecule has 0 fully saturated rings. The van der Waals surface area contributed by atoms with Crippen molar-refractivity contribution in [1.29, 1.82) is 0 Å². The molecule has 74 heavy (non-hydrogen) atoms. The average molecular weight is 1050 g/mol. The van der Waals surface area contributed by atoms with Crippen molar-refractivity contribution in [2.45, 2.75) is 40.0 Å². The Bertz CT molecular complexity index is 3120. The number of phenolic OH excluding ortho intramolecular Hbond substituents is 1. The minimum Gasteiger partial charge on any atom is -0.736 e. The molecule has 3 unspecified atom stereocenters. The number of phosphoric ester groups is 2. The molecule has 8 aromatic rings. The molecule has 0 aliphatic carbocycles. The first-order valence-electron chi connectivity index (χ1n) is 22.7. The van der Waals surface area contributed by atoms with Gasteiger partial charge in [-0.2, -0.15) is 0 Å². The van der Waals surface area contributed by atoms with Crippen LogP contribution in [0.15, 0.2) is 182 Å². The maximum atomic E-state index is 13.4. The summed E-state index contributed by atoms with van der Waals surface area (Å²) in [6.45, 7) is 7.45. The Labute approximate surface area is 476 Å². The summed E-state index contributed by atoms with van der Waals surface area (Å²) in [5.74, 6) is 1.99. The molecule has 0 spiro atoms. The van der Waals surface area contributed by atoms with Crippen molar-refractivity contribution in [2.75, 3.05) is 14.2 Å². The standard InChI is InChI=1S/C30H29O6P.C28H26FO5P.2Na/c1-21-17-22(2)19-29(18-21)36-37(31,32)35-28-11-5-23(6-12-28)20-30(24-7-13-26(33-3)14-8-24)25-9-15-27(34-4)16-10-25;1-19-15-20(2)17-27(16-19)34-35(31,32)33-26-13-7-23(8-14-26)28(22-5-11-25(30)12-6-22)18-21-3-9-24(29)10-4-21;;/h5-20H,1-4H3,(H,31,32);3-17,28,30H,18H2,1-2H3,(H,31,32);;/q;;2*+1/p-2. The maximum absolute atomic E-state index is 13.4. The van der Waals surface area contributed by atoms with Crippen LogP contribution in [0.2, 0.25) is 0 Å². The largest absolute Gasteiger partial charge is 1.00 e. The topological polar surface area (TPSA) is 156 Å². The molecule has 0 bridgehead atoms. The molecular weight excluding hydrogens is 1000 g/mol. The van der Waals surface area contributed by atoms with Crippen molar-refractivity contribution in [3.05, 3.63) is 243 Å². The number of ether oxygens (including phenoxy) is 2. The number of aryl methyl sites for hydroxylation is 4. The Morgan fingerprint density at radius 3 is 1.24 bits per heavy atom. The number of aromatic hydroxyl groups is 1. The molecule has 16 heteroatoms. The van der Waals surface area contributed by atoms with Crippen molar-refractivity contribution < 1.29 is 115 Å². The second kappa shape index (κ2) is 27.3. The summed E-state index contributed by atoms with van der Waals surface area (Å²) in [6, 6.07) is 52.7. The van der Waals surface area contributed by atoms with E-state index in [4.69, 9.17) is 27.6 Å². The summed E-state index contributed by atoms with van der Waals surface area (Å²) >= 11 is 0. The summed E-state index contributed by atoms with van der Waals surface area (Å²) in [7, 11) is -6.01. The van der Waals surface area contributed by atoms with Crippen LogP contribution in [0.1, 0.15) is 61.6 Å². The van der Waals surface area contributed by atoms with Crippen molar-refractivity contribution >= 4 is 27.3 Å². The van der Waals surface area contributed by atoms with E-state index in [-0.39, 0.29) is 99.6 Å². The van der Waals surface area contributed by atoms with Crippen LogP contribution < -0.4 is 96.5 Å². The fourth-order valence-electron chi connectivity index (χ4n) is 7.94. The van der Waals surface area contributed by atoms with E-state index in [2.05, 4.69) is 0 Å². The Hall–Kier alpha value is -5.59. The summed E-state index contributed by atoms with van der Waals surface area (Å²) in [5, 5.41) is 9.68. The van der Waals surface area contributed by atoms with Crippen LogP contribution in [0.5, 0.6) is 40.2 Å². The van der Waals surface area contributed by atoms with Gasteiger partial charge in [0.15, 0.2) is 0 Å². The number of phenols is 1. The zero-order valence-electron chi connectivity index (χ0n) is 42.5. The van der Waals surface area contributed by atoms with Crippen LogP contribution in [0, 0.1) is 33.5 Å². The first-order chi connectivity index (χ1) is 34.4. The molecule has 1 N–H and O–H groups in total. The molecule has 0 aliphatic rings. The SMILES string of the molecule is COc1ccc(C(=Cc2ccc(OP(=O)([O-])Oc3cc(C)cc(C)c3)cc2)c2ccc(OC)cc2)cc1.Cc1cc(C)cc(OP(=O)([O-])Oc2ccc(C(Cc3ccc(F)cc3)c3ccc(O)cc3)cc2)c1.[Na+].[Na+]. The molecule has 0 saturated carbocycles. The second-order valence-electron chi connectivity index (χ2n) is 17.0. The number of hydrogen-bond acceptors (Lipinski definition) is 11. The predicted octanol–water partition coefficient (Wildman–Crippen LogP) is 7.29. The Morgan fingerprint density at radius 1 is 0.500 bits per heavy atom. The number of benzene rings is 8. The Morgan fingerprint density at radius 2 is 0.851 bits per heavy atom. The number of hydrogen-bond donors (Lipinski definition) is 1. The second-order valence-corrected chi connectivity index (χ2v) is 19.6. The molecule has 0 radical (unpaired) electrons. The van der Waals surface area contributed by atoms with Crippen LogP contribution in [-0.2, 0) is 15.6 Å². The van der Waals surface area contributed by atoms with Crippen LogP contribution in [0.3, 0.4) is 0 Å². The summed E-state index contributed by atoms with van der Waals surface area (Å²) in [4.78, 5) is 24.9. The van der Waals surface area contributed by atoms with Crippen molar-refractivity contribution in [3.63, 3.8) is 0 Å². The molecule has 0 heterocycles. The number of halogens is 1. The summed E-state index contributed by atoms with van der Waals surface area (Å²) in [5.41, 5.74) is 10.2. The van der Waals surface area contributed by atoms with E-state index < -0.39 is 15.6 Å². The van der Waals surface area contributed by atoms with Crippen LogP contribution in [-0.4, -0.2) is 19.3 Å². The molecule has 8 aromatic carbocycles. The van der Waals surface area contributed by atoms with Gasteiger partial charge in [0.2, 0.25) is 0 Å². The van der Waals surface area contributed by atoms with Gasteiger partial charge >= 0.3 is 74.8 Å². The van der Waals surface area contributed by atoms with E-state index in [1.807, 2.05) is 107 Å². The molecule has 370 valence electrons. The van der Waals surface area contributed by atoms with E-state index in [1.54, 1.807) is 111 Å². The third-order valence-corrected chi connectivity index (χ3v) is 12.9. The van der Waals surface area contributed by atoms with E-state index in [1.165, 1.54) is 12.1 Å². The first-order valence-corrected chi connectivity index (χ1v) is 25.6. The smallest absolute Gasteiger partial charge is 0.736 e. The van der Waals surface area contributed by atoms with E-state index in [9.17, 15) is 28.4 Å². The third-order valence-electron chi connectivity index (χ3n) is 11.2. The monoisotopic (exact) mass is 1050 g/mol. The fraction of sp³-hybridized carbons (Fsp3) is 0.138. The van der Waals surface area contributed by atoms with Gasteiger partial charge in [0, 0.05) is 5.92 Å². The van der Waals surface area contributed by atoms with Crippen LogP contribution >= 0.6 is 15.6 Å². The van der Waals surface area contributed by atoms with Gasteiger partial charge in [-0.15, -0.1) is 0 Å². The molecule has 3 atom stereocenters. The minimum atomic E-state index is -4.65. The van der Waals surface area contributed by atoms with Gasteiger partial charge in [0.1, 0.15) is 46.1 Å². The predicted molar refractivity (Wildman–Crippen MR) is 275 cm³/mol. The molecule has 0 aliphatic heterocycles. The maximum Gasteiger partial charge on any atom is 1.00 e. The van der Waals surface area contributed by atoms with Gasteiger partial charge in [-0.05, 0) is 198 Å². The van der Waals surface area contributed by atoms with E-state index in [0.717, 1.165) is 72.7 Å². The van der Waals surface area contributed by atoms with Crippen molar-refractivity contribution in [3.8, 4) is 40.2 Å². The summed E-state index contributed by atoms with van der Waals surface area (Å²) in [6.07, 6.45) is 2.61.